The van der Waals surface area contributed by atoms with Gasteiger partial charge in [0.2, 0.25) is 5.91 Å². The predicted molar refractivity (Wildman–Crippen MR) is 114 cm³/mol. The minimum absolute atomic E-state index is 0.0947. The van der Waals surface area contributed by atoms with E-state index in [1.165, 1.54) is 33.3 Å². The summed E-state index contributed by atoms with van der Waals surface area (Å²) >= 11 is 7.40. The van der Waals surface area contributed by atoms with Crippen LogP contribution in [-0.2, 0) is 24.2 Å². The fraction of sp³-hybridized carbons (Fsp3) is 0.300. The highest BCUT2D eigenvalue weighted by molar-refractivity contribution is 7.19. The molecule has 30 heavy (non-hydrogen) atoms. The Hall–Kier alpha value is -2.78. The first-order valence-corrected chi connectivity index (χ1v) is 10.7. The SMILES string of the molecule is C[C@H]1CCc2c(sc3ncn4c(=O)n(CC(=O)Nc5ccc(F)c(Cl)c5)nc4c23)C1. The average Bonchev–Trinajstić information content (AvgIpc) is 3.22. The lowest BCUT2D eigenvalue weighted by molar-refractivity contribution is -0.117. The Kier molecular flexibility index (Phi) is 4.59. The van der Waals surface area contributed by atoms with Crippen LogP contribution in [0.3, 0.4) is 0 Å². The third kappa shape index (κ3) is 3.18. The second-order valence-electron chi connectivity index (χ2n) is 7.59. The predicted octanol–water partition coefficient (Wildman–Crippen LogP) is 3.66. The second-order valence-corrected chi connectivity index (χ2v) is 9.08. The van der Waals surface area contributed by atoms with Crippen LogP contribution >= 0.6 is 22.9 Å². The van der Waals surface area contributed by atoms with Gasteiger partial charge < -0.3 is 5.32 Å². The summed E-state index contributed by atoms with van der Waals surface area (Å²) in [4.78, 5) is 31.8. The van der Waals surface area contributed by atoms with Crippen LogP contribution in [0.25, 0.3) is 15.9 Å². The van der Waals surface area contributed by atoms with Crippen molar-refractivity contribution in [3.8, 4) is 0 Å². The van der Waals surface area contributed by atoms with Crippen molar-refractivity contribution in [2.45, 2.75) is 32.7 Å². The Bertz CT molecular complexity index is 1380. The normalized spacial score (nSPS) is 16.2. The van der Waals surface area contributed by atoms with E-state index in [1.54, 1.807) is 11.3 Å². The molecule has 0 radical (unpaired) electrons. The first-order valence-electron chi connectivity index (χ1n) is 9.54. The molecule has 4 aromatic rings. The van der Waals surface area contributed by atoms with Crippen LogP contribution in [0.1, 0.15) is 23.8 Å². The third-order valence-electron chi connectivity index (χ3n) is 5.37. The summed E-state index contributed by atoms with van der Waals surface area (Å²) < 4.78 is 15.8. The molecule has 5 rings (SSSR count). The van der Waals surface area contributed by atoms with Crippen molar-refractivity contribution in [2.75, 3.05) is 5.32 Å². The third-order valence-corrected chi connectivity index (χ3v) is 6.83. The summed E-state index contributed by atoms with van der Waals surface area (Å²) in [5.74, 6) is -0.408. The van der Waals surface area contributed by atoms with E-state index >= 15 is 0 Å². The molecule has 0 aliphatic heterocycles. The lowest BCUT2D eigenvalue weighted by atomic mass is 9.89. The molecule has 0 saturated heterocycles. The van der Waals surface area contributed by atoms with E-state index in [4.69, 9.17) is 11.6 Å². The molecular formula is C20H17ClFN5O2S. The van der Waals surface area contributed by atoms with Gasteiger partial charge >= 0.3 is 5.69 Å². The fourth-order valence-corrected chi connectivity index (χ4v) is 5.40. The number of carbonyl (C=O) groups is 1. The number of anilines is 1. The molecule has 0 bridgehead atoms. The second kappa shape index (κ2) is 7.17. The number of halogens is 2. The summed E-state index contributed by atoms with van der Waals surface area (Å²) in [7, 11) is 0. The molecule has 154 valence electrons. The van der Waals surface area contributed by atoms with Crippen molar-refractivity contribution < 1.29 is 9.18 Å². The van der Waals surface area contributed by atoms with E-state index < -0.39 is 17.4 Å². The highest BCUT2D eigenvalue weighted by Crippen LogP contribution is 2.38. The number of fused-ring (bicyclic) bond motifs is 5. The van der Waals surface area contributed by atoms with Crippen molar-refractivity contribution in [2.24, 2.45) is 5.92 Å². The molecule has 7 nitrogen and oxygen atoms in total. The lowest BCUT2D eigenvalue weighted by Gasteiger charge is -2.17. The maximum absolute atomic E-state index is 13.3. The molecule has 1 aromatic carbocycles. The van der Waals surface area contributed by atoms with Gasteiger partial charge in [0.05, 0.1) is 10.4 Å². The smallest absolute Gasteiger partial charge is 0.324 e. The molecule has 1 amide bonds. The molecule has 10 heteroatoms. The van der Waals surface area contributed by atoms with Gasteiger partial charge in [-0.3, -0.25) is 4.79 Å². The Balaban J connectivity index is 1.50. The van der Waals surface area contributed by atoms with Crippen LogP contribution in [0.2, 0.25) is 5.02 Å². The number of nitrogens with one attached hydrogen (secondary N) is 1. The number of hydrogen-bond acceptors (Lipinski definition) is 5. The highest BCUT2D eigenvalue weighted by Gasteiger charge is 2.24. The van der Waals surface area contributed by atoms with Gasteiger partial charge in [0.1, 0.15) is 23.5 Å². The zero-order valence-corrected chi connectivity index (χ0v) is 17.6. The Morgan fingerprint density at radius 2 is 2.27 bits per heavy atom. The van der Waals surface area contributed by atoms with Gasteiger partial charge in [0.25, 0.3) is 0 Å². The maximum atomic E-state index is 13.3. The van der Waals surface area contributed by atoms with Crippen LogP contribution in [0.15, 0.2) is 29.3 Å². The van der Waals surface area contributed by atoms with Crippen LogP contribution in [-0.4, -0.2) is 25.1 Å². The van der Waals surface area contributed by atoms with Crippen LogP contribution in [0.5, 0.6) is 0 Å². The summed E-state index contributed by atoms with van der Waals surface area (Å²) in [6.07, 6.45) is 4.50. The van der Waals surface area contributed by atoms with Gasteiger partial charge in [-0.15, -0.1) is 16.4 Å². The molecule has 0 unspecified atom stereocenters. The number of amides is 1. The van der Waals surface area contributed by atoms with Crippen molar-refractivity contribution in [1.82, 2.24) is 19.2 Å². The number of hydrogen-bond donors (Lipinski definition) is 1. The number of aryl methyl sites for hydroxylation is 1. The van der Waals surface area contributed by atoms with E-state index in [1.807, 2.05) is 0 Å². The summed E-state index contributed by atoms with van der Waals surface area (Å²) in [5, 5.41) is 7.86. The van der Waals surface area contributed by atoms with Crippen molar-refractivity contribution in [1.29, 1.82) is 0 Å². The van der Waals surface area contributed by atoms with Gasteiger partial charge in [0.15, 0.2) is 5.65 Å². The standard InChI is InChI=1S/C20H17ClFN5O2S/c1-10-2-4-12-15(6-10)30-19-17(12)18-25-27(20(29)26(18)9-23-19)8-16(28)24-11-3-5-14(22)13(21)7-11/h3,5,7,9-10H,2,4,6,8H2,1H3,(H,24,28)/t10-/m0/s1. The van der Waals surface area contributed by atoms with E-state index in [0.717, 1.165) is 40.2 Å². The molecule has 1 N–H and O–H groups in total. The lowest BCUT2D eigenvalue weighted by Crippen LogP contribution is -2.28. The Morgan fingerprint density at radius 1 is 1.43 bits per heavy atom. The van der Waals surface area contributed by atoms with Crippen LogP contribution in [0, 0.1) is 11.7 Å². The number of aromatic nitrogens is 4. The molecular weight excluding hydrogens is 429 g/mol. The first kappa shape index (κ1) is 19.2. The number of thiophene rings is 1. The monoisotopic (exact) mass is 445 g/mol. The van der Waals surface area contributed by atoms with E-state index in [9.17, 15) is 14.0 Å². The summed E-state index contributed by atoms with van der Waals surface area (Å²) in [6, 6.07) is 3.88. The minimum atomic E-state index is -0.573. The van der Waals surface area contributed by atoms with Crippen molar-refractivity contribution in [3.63, 3.8) is 0 Å². The first-order chi connectivity index (χ1) is 14.4. The fourth-order valence-electron chi connectivity index (χ4n) is 3.88. The van der Waals surface area contributed by atoms with Crippen molar-refractivity contribution >= 4 is 50.4 Å². The quantitative estimate of drug-likeness (QED) is 0.521. The number of carbonyl (C=O) groups excluding carboxylic acids is 1. The van der Waals surface area contributed by atoms with Crippen LogP contribution in [0.4, 0.5) is 10.1 Å². The van der Waals surface area contributed by atoms with Gasteiger partial charge in [0, 0.05) is 10.6 Å². The van der Waals surface area contributed by atoms with E-state index in [0.29, 0.717) is 17.3 Å². The zero-order chi connectivity index (χ0) is 21.0. The number of nitrogens with zero attached hydrogens (tertiary/aromatic N) is 4. The maximum Gasteiger partial charge on any atom is 0.352 e. The van der Waals surface area contributed by atoms with Gasteiger partial charge in [-0.1, -0.05) is 18.5 Å². The van der Waals surface area contributed by atoms with Crippen molar-refractivity contribution in [3.05, 3.63) is 56.3 Å². The van der Waals surface area contributed by atoms with Gasteiger partial charge in [-0.25, -0.2) is 23.3 Å². The summed E-state index contributed by atoms with van der Waals surface area (Å²) in [5.41, 5.74) is 1.65. The van der Waals surface area contributed by atoms with E-state index in [-0.39, 0.29) is 11.6 Å². The summed E-state index contributed by atoms with van der Waals surface area (Å²) in [6.45, 7) is 1.96. The molecule has 0 spiro atoms. The Labute approximate surface area is 179 Å². The number of benzene rings is 1. The zero-order valence-electron chi connectivity index (χ0n) is 16.0. The van der Waals surface area contributed by atoms with Crippen LogP contribution < -0.4 is 11.0 Å². The molecule has 1 aliphatic carbocycles. The average molecular weight is 446 g/mol. The molecule has 0 fully saturated rings. The molecule has 3 heterocycles. The minimum Gasteiger partial charge on any atom is -0.324 e. The highest BCUT2D eigenvalue weighted by atomic mass is 35.5. The molecule has 1 aliphatic rings. The largest absolute Gasteiger partial charge is 0.352 e. The molecule has 3 aromatic heterocycles. The van der Waals surface area contributed by atoms with Gasteiger partial charge in [-0.05, 0) is 48.9 Å². The molecule has 1 atom stereocenters. The van der Waals surface area contributed by atoms with Gasteiger partial charge in [-0.2, -0.15) is 0 Å². The molecule has 0 saturated carbocycles. The van der Waals surface area contributed by atoms with E-state index in [2.05, 4.69) is 22.3 Å². The number of rotatable bonds is 3. The topological polar surface area (TPSA) is 81.3 Å². The Morgan fingerprint density at radius 3 is 3.07 bits per heavy atom.